The summed E-state index contributed by atoms with van der Waals surface area (Å²) in [6, 6.07) is 1.68. The number of hydrogen-bond acceptors (Lipinski definition) is 4. The third-order valence-electron chi connectivity index (χ3n) is 1.98. The first-order valence-electron chi connectivity index (χ1n) is 4.28. The predicted octanol–water partition coefficient (Wildman–Crippen LogP) is 1.53. The molecule has 4 nitrogen and oxygen atoms in total. The van der Waals surface area contributed by atoms with Crippen molar-refractivity contribution in [3.05, 3.63) is 11.2 Å². The molecule has 1 aromatic heterocycles. The Kier molecular flexibility index (Phi) is 2.22. The second-order valence-electron chi connectivity index (χ2n) is 3.26. The van der Waals surface area contributed by atoms with Gasteiger partial charge in [-0.25, -0.2) is 4.98 Å². The van der Waals surface area contributed by atoms with E-state index >= 15 is 0 Å². The van der Waals surface area contributed by atoms with Crippen LogP contribution in [0.1, 0.15) is 12.8 Å². The summed E-state index contributed by atoms with van der Waals surface area (Å²) in [5.74, 6) is 1.73. The number of hydrogen-bond donors (Lipinski definition) is 2. The fourth-order valence-corrected chi connectivity index (χ4v) is 1.29. The Hall–Kier alpha value is -1.03. The summed E-state index contributed by atoms with van der Waals surface area (Å²) in [7, 11) is 0. The van der Waals surface area contributed by atoms with E-state index in [0.29, 0.717) is 11.0 Å². The van der Waals surface area contributed by atoms with E-state index in [4.69, 9.17) is 17.3 Å². The molecular weight excluding hydrogens is 188 g/mol. The Balaban J connectivity index is 2.01. The minimum atomic E-state index is 0.214. The fourth-order valence-electron chi connectivity index (χ4n) is 1.10. The van der Waals surface area contributed by atoms with Gasteiger partial charge in [0.1, 0.15) is 11.0 Å². The van der Waals surface area contributed by atoms with Gasteiger partial charge in [-0.05, 0) is 18.8 Å². The van der Waals surface area contributed by atoms with Gasteiger partial charge in [0.15, 0.2) is 0 Å². The molecule has 0 atom stereocenters. The number of nitrogens with zero attached hydrogens (tertiary/aromatic N) is 2. The van der Waals surface area contributed by atoms with Gasteiger partial charge in [0.05, 0.1) is 0 Å². The zero-order valence-electron chi connectivity index (χ0n) is 7.13. The first-order chi connectivity index (χ1) is 6.24. The van der Waals surface area contributed by atoms with E-state index in [1.165, 1.54) is 12.8 Å². The van der Waals surface area contributed by atoms with E-state index in [-0.39, 0.29) is 5.95 Å². The number of rotatable bonds is 3. The van der Waals surface area contributed by atoms with Crippen LogP contribution in [0.2, 0.25) is 5.15 Å². The normalized spacial score (nSPS) is 15.8. The molecule has 1 heterocycles. The van der Waals surface area contributed by atoms with Crippen LogP contribution >= 0.6 is 11.6 Å². The quantitative estimate of drug-likeness (QED) is 0.724. The molecule has 3 N–H and O–H groups in total. The molecule has 0 radical (unpaired) electrons. The van der Waals surface area contributed by atoms with Crippen molar-refractivity contribution in [1.29, 1.82) is 0 Å². The molecule has 1 aliphatic rings. The molecule has 13 heavy (non-hydrogen) atoms. The van der Waals surface area contributed by atoms with Crippen molar-refractivity contribution in [3.8, 4) is 0 Å². The summed E-state index contributed by atoms with van der Waals surface area (Å²) < 4.78 is 0. The molecule has 5 heteroatoms. The van der Waals surface area contributed by atoms with Gasteiger partial charge in [0, 0.05) is 12.6 Å². The molecule has 0 unspecified atom stereocenters. The summed E-state index contributed by atoms with van der Waals surface area (Å²) in [5.41, 5.74) is 5.43. The first kappa shape index (κ1) is 8.56. The minimum Gasteiger partial charge on any atom is -0.370 e. The van der Waals surface area contributed by atoms with Gasteiger partial charge in [0.25, 0.3) is 0 Å². The van der Waals surface area contributed by atoms with Crippen molar-refractivity contribution >= 4 is 23.4 Å². The summed E-state index contributed by atoms with van der Waals surface area (Å²) >= 11 is 5.71. The molecule has 1 aromatic rings. The van der Waals surface area contributed by atoms with E-state index in [1.807, 2.05) is 0 Å². The fraction of sp³-hybridized carbons (Fsp3) is 0.500. The maximum absolute atomic E-state index is 5.71. The van der Waals surface area contributed by atoms with E-state index in [1.54, 1.807) is 6.07 Å². The minimum absolute atomic E-state index is 0.214. The largest absolute Gasteiger partial charge is 0.370 e. The Morgan fingerprint density at radius 2 is 2.31 bits per heavy atom. The molecule has 70 valence electrons. The lowest BCUT2D eigenvalue weighted by Crippen LogP contribution is -2.06. The molecule has 0 aliphatic heterocycles. The van der Waals surface area contributed by atoms with Crippen LogP contribution in [0.4, 0.5) is 11.8 Å². The molecule has 0 amide bonds. The summed E-state index contributed by atoms with van der Waals surface area (Å²) in [5, 5.41) is 3.55. The number of nitrogen functional groups attached to an aromatic ring is 1. The third kappa shape index (κ3) is 2.45. The maximum Gasteiger partial charge on any atom is 0.223 e. The van der Waals surface area contributed by atoms with Crippen LogP contribution in [-0.4, -0.2) is 16.5 Å². The van der Waals surface area contributed by atoms with Crippen molar-refractivity contribution < 1.29 is 0 Å². The topological polar surface area (TPSA) is 63.8 Å². The third-order valence-corrected chi connectivity index (χ3v) is 2.17. The molecule has 0 spiro atoms. The standard InChI is InChI=1S/C8H11ClN4/c9-6-3-7(13-8(10)12-6)11-4-5-1-2-5/h3,5H,1-2,4H2,(H3,10,11,12,13). The Morgan fingerprint density at radius 1 is 1.54 bits per heavy atom. The lowest BCUT2D eigenvalue weighted by atomic mass is 10.4. The second-order valence-corrected chi connectivity index (χ2v) is 3.65. The average Bonchev–Trinajstić information content (AvgIpc) is 2.81. The predicted molar refractivity (Wildman–Crippen MR) is 52.7 cm³/mol. The van der Waals surface area contributed by atoms with Crippen LogP contribution in [0, 0.1) is 5.92 Å². The first-order valence-corrected chi connectivity index (χ1v) is 4.66. The number of aromatic nitrogens is 2. The van der Waals surface area contributed by atoms with Gasteiger partial charge in [-0.1, -0.05) is 11.6 Å². The molecular formula is C8H11ClN4. The van der Waals surface area contributed by atoms with Crippen molar-refractivity contribution in [1.82, 2.24) is 9.97 Å². The SMILES string of the molecule is Nc1nc(Cl)cc(NCC2CC2)n1. The number of anilines is 2. The van der Waals surface area contributed by atoms with Crippen LogP contribution in [0.25, 0.3) is 0 Å². The number of nitrogens with two attached hydrogens (primary N) is 1. The average molecular weight is 199 g/mol. The van der Waals surface area contributed by atoms with Crippen LogP contribution in [0.15, 0.2) is 6.07 Å². The molecule has 2 rings (SSSR count). The molecule has 0 aromatic carbocycles. The Morgan fingerprint density at radius 3 is 2.92 bits per heavy atom. The monoisotopic (exact) mass is 198 g/mol. The summed E-state index contributed by atoms with van der Waals surface area (Å²) in [6.07, 6.45) is 2.61. The highest BCUT2D eigenvalue weighted by Crippen LogP contribution is 2.28. The number of nitrogens with one attached hydrogen (secondary N) is 1. The van der Waals surface area contributed by atoms with Crippen LogP contribution in [0.3, 0.4) is 0 Å². The van der Waals surface area contributed by atoms with E-state index in [2.05, 4.69) is 15.3 Å². The zero-order chi connectivity index (χ0) is 9.26. The molecule has 0 saturated heterocycles. The summed E-state index contributed by atoms with van der Waals surface area (Å²) in [6.45, 7) is 0.951. The van der Waals surface area contributed by atoms with E-state index < -0.39 is 0 Å². The highest BCUT2D eigenvalue weighted by molar-refractivity contribution is 6.29. The Labute approximate surface area is 81.5 Å². The lowest BCUT2D eigenvalue weighted by Gasteiger charge is -2.04. The maximum atomic E-state index is 5.71. The van der Waals surface area contributed by atoms with Crippen molar-refractivity contribution in [2.24, 2.45) is 5.92 Å². The highest BCUT2D eigenvalue weighted by Gasteiger charge is 2.20. The molecule has 1 aliphatic carbocycles. The van der Waals surface area contributed by atoms with Gasteiger partial charge in [-0.2, -0.15) is 4.98 Å². The van der Waals surface area contributed by atoms with E-state index in [0.717, 1.165) is 12.5 Å². The van der Waals surface area contributed by atoms with Crippen LogP contribution in [-0.2, 0) is 0 Å². The van der Waals surface area contributed by atoms with Crippen molar-refractivity contribution in [3.63, 3.8) is 0 Å². The second kappa shape index (κ2) is 3.38. The van der Waals surface area contributed by atoms with E-state index in [9.17, 15) is 0 Å². The highest BCUT2D eigenvalue weighted by atomic mass is 35.5. The van der Waals surface area contributed by atoms with Crippen molar-refractivity contribution in [2.45, 2.75) is 12.8 Å². The van der Waals surface area contributed by atoms with Gasteiger partial charge in [0.2, 0.25) is 5.95 Å². The number of halogens is 1. The van der Waals surface area contributed by atoms with Gasteiger partial charge >= 0.3 is 0 Å². The van der Waals surface area contributed by atoms with Gasteiger partial charge in [-0.3, -0.25) is 0 Å². The Bertz CT molecular complexity index is 291. The molecule has 1 saturated carbocycles. The van der Waals surface area contributed by atoms with Crippen LogP contribution < -0.4 is 11.1 Å². The van der Waals surface area contributed by atoms with Gasteiger partial charge < -0.3 is 11.1 Å². The molecule has 0 bridgehead atoms. The summed E-state index contributed by atoms with van der Waals surface area (Å²) in [4.78, 5) is 7.77. The van der Waals surface area contributed by atoms with Crippen LogP contribution in [0.5, 0.6) is 0 Å². The lowest BCUT2D eigenvalue weighted by molar-refractivity contribution is 0.882. The van der Waals surface area contributed by atoms with Crippen molar-refractivity contribution in [2.75, 3.05) is 17.6 Å². The smallest absolute Gasteiger partial charge is 0.223 e. The molecule has 1 fully saturated rings. The zero-order valence-corrected chi connectivity index (χ0v) is 7.88. The van der Waals surface area contributed by atoms with Gasteiger partial charge in [-0.15, -0.1) is 0 Å².